The highest BCUT2D eigenvalue weighted by Gasteiger charge is 2.28. The van der Waals surface area contributed by atoms with Crippen LogP contribution >= 0.6 is 0 Å². The molecule has 0 bridgehead atoms. The molecule has 108 valence electrons. The van der Waals surface area contributed by atoms with Gasteiger partial charge >= 0.3 is 0 Å². The van der Waals surface area contributed by atoms with E-state index in [1.165, 1.54) is 12.1 Å². The number of benzene rings is 1. The second kappa shape index (κ2) is 5.90. The number of para-hydroxylation sites is 1. The highest BCUT2D eigenvalue weighted by molar-refractivity contribution is 6.01. The molecule has 6 nitrogen and oxygen atoms in total. The molecule has 1 aliphatic rings. The fourth-order valence-electron chi connectivity index (χ4n) is 2.53. The SMILES string of the molecule is CCNc1c(C(=O)NC2CC(C)C2)cccc1[N+](=O)[O-]. The van der Waals surface area contributed by atoms with Crippen LogP contribution in [0.1, 0.15) is 37.0 Å². The van der Waals surface area contributed by atoms with Crippen molar-refractivity contribution >= 4 is 17.3 Å². The minimum atomic E-state index is -0.472. The fourth-order valence-corrected chi connectivity index (χ4v) is 2.53. The smallest absolute Gasteiger partial charge is 0.293 e. The number of nitro groups is 1. The largest absolute Gasteiger partial charge is 0.379 e. The van der Waals surface area contributed by atoms with E-state index in [0.717, 1.165) is 12.8 Å². The van der Waals surface area contributed by atoms with Gasteiger partial charge in [-0.25, -0.2) is 0 Å². The van der Waals surface area contributed by atoms with Gasteiger partial charge in [-0.15, -0.1) is 0 Å². The average Bonchev–Trinajstić information content (AvgIpc) is 2.37. The van der Waals surface area contributed by atoms with E-state index in [-0.39, 0.29) is 17.6 Å². The summed E-state index contributed by atoms with van der Waals surface area (Å²) in [5, 5.41) is 16.9. The Balaban J connectivity index is 2.23. The zero-order chi connectivity index (χ0) is 14.7. The zero-order valence-corrected chi connectivity index (χ0v) is 11.7. The number of anilines is 1. The molecular weight excluding hydrogens is 258 g/mol. The van der Waals surface area contributed by atoms with Crippen LogP contribution in [0.3, 0.4) is 0 Å². The summed E-state index contributed by atoms with van der Waals surface area (Å²) in [7, 11) is 0. The van der Waals surface area contributed by atoms with Gasteiger partial charge in [0.05, 0.1) is 10.5 Å². The first-order valence-electron chi connectivity index (χ1n) is 6.85. The third kappa shape index (κ3) is 2.89. The predicted molar refractivity (Wildman–Crippen MR) is 76.9 cm³/mol. The first-order valence-corrected chi connectivity index (χ1v) is 6.85. The summed E-state index contributed by atoms with van der Waals surface area (Å²) in [5.41, 5.74) is 0.562. The lowest BCUT2D eigenvalue weighted by Gasteiger charge is -2.33. The van der Waals surface area contributed by atoms with E-state index in [1.54, 1.807) is 6.07 Å². The summed E-state index contributed by atoms with van der Waals surface area (Å²) in [6.07, 6.45) is 1.94. The van der Waals surface area contributed by atoms with E-state index >= 15 is 0 Å². The summed E-state index contributed by atoms with van der Waals surface area (Å²) in [6, 6.07) is 4.74. The van der Waals surface area contributed by atoms with Gasteiger partial charge in [-0.2, -0.15) is 0 Å². The average molecular weight is 277 g/mol. The molecule has 1 amide bonds. The molecule has 0 unspecified atom stereocenters. The van der Waals surface area contributed by atoms with Crippen molar-refractivity contribution in [2.75, 3.05) is 11.9 Å². The Labute approximate surface area is 117 Å². The van der Waals surface area contributed by atoms with E-state index in [2.05, 4.69) is 17.6 Å². The molecular formula is C14H19N3O3. The highest BCUT2D eigenvalue weighted by Crippen LogP contribution is 2.30. The van der Waals surface area contributed by atoms with E-state index in [9.17, 15) is 14.9 Å². The zero-order valence-electron chi connectivity index (χ0n) is 11.7. The molecule has 0 aromatic heterocycles. The lowest BCUT2D eigenvalue weighted by Crippen LogP contribution is -2.43. The summed E-state index contributed by atoms with van der Waals surface area (Å²) in [6.45, 7) is 4.50. The third-order valence-corrected chi connectivity index (χ3v) is 3.55. The minimum Gasteiger partial charge on any atom is -0.379 e. The number of carbonyl (C=O) groups is 1. The van der Waals surface area contributed by atoms with Crippen molar-refractivity contribution in [1.82, 2.24) is 5.32 Å². The predicted octanol–water partition coefficient (Wildman–Crippen LogP) is 2.55. The fraction of sp³-hybridized carbons (Fsp3) is 0.500. The Morgan fingerprint density at radius 1 is 1.45 bits per heavy atom. The van der Waals surface area contributed by atoms with Crippen LogP contribution in [0.4, 0.5) is 11.4 Å². The van der Waals surface area contributed by atoms with Crippen LogP contribution in [0, 0.1) is 16.0 Å². The molecule has 1 fully saturated rings. The normalized spacial score (nSPS) is 20.9. The van der Waals surface area contributed by atoms with Crippen LogP contribution in [0.15, 0.2) is 18.2 Å². The Bertz CT molecular complexity index is 524. The molecule has 0 aliphatic heterocycles. The molecule has 2 N–H and O–H groups in total. The molecule has 0 saturated heterocycles. The van der Waals surface area contributed by atoms with Gasteiger partial charge in [0, 0.05) is 18.7 Å². The first kappa shape index (κ1) is 14.3. The Morgan fingerprint density at radius 3 is 2.70 bits per heavy atom. The van der Waals surface area contributed by atoms with E-state index < -0.39 is 4.92 Å². The number of nitro benzene ring substituents is 1. The number of rotatable bonds is 5. The van der Waals surface area contributed by atoms with Crippen molar-refractivity contribution in [1.29, 1.82) is 0 Å². The van der Waals surface area contributed by atoms with Crippen LogP contribution in [0.25, 0.3) is 0 Å². The maximum atomic E-state index is 12.3. The molecule has 0 spiro atoms. The number of hydrogen-bond donors (Lipinski definition) is 2. The topological polar surface area (TPSA) is 84.3 Å². The van der Waals surface area contributed by atoms with E-state index in [4.69, 9.17) is 0 Å². The highest BCUT2D eigenvalue weighted by atomic mass is 16.6. The van der Waals surface area contributed by atoms with Crippen LogP contribution in [-0.2, 0) is 0 Å². The van der Waals surface area contributed by atoms with Crippen LogP contribution in [0.2, 0.25) is 0 Å². The number of hydrogen-bond acceptors (Lipinski definition) is 4. The number of nitrogens with one attached hydrogen (secondary N) is 2. The molecule has 2 rings (SSSR count). The van der Waals surface area contributed by atoms with Gasteiger partial charge in [0.2, 0.25) is 0 Å². The molecule has 0 atom stereocenters. The van der Waals surface area contributed by atoms with Gasteiger partial charge in [-0.05, 0) is 31.7 Å². The molecule has 0 heterocycles. The lowest BCUT2D eigenvalue weighted by atomic mass is 9.82. The molecule has 1 aromatic carbocycles. The van der Waals surface area contributed by atoms with E-state index in [1.807, 2.05) is 6.92 Å². The summed E-state index contributed by atoms with van der Waals surface area (Å²) in [5.74, 6) is 0.389. The molecule has 6 heteroatoms. The third-order valence-electron chi connectivity index (χ3n) is 3.55. The summed E-state index contributed by atoms with van der Waals surface area (Å²) >= 11 is 0. The minimum absolute atomic E-state index is 0.0681. The summed E-state index contributed by atoms with van der Waals surface area (Å²) < 4.78 is 0. The molecule has 0 radical (unpaired) electrons. The van der Waals surface area contributed by atoms with Gasteiger partial charge in [-0.3, -0.25) is 14.9 Å². The van der Waals surface area contributed by atoms with Gasteiger partial charge in [-0.1, -0.05) is 13.0 Å². The second-order valence-electron chi connectivity index (χ2n) is 5.23. The van der Waals surface area contributed by atoms with E-state index in [0.29, 0.717) is 23.7 Å². The maximum absolute atomic E-state index is 12.3. The quantitative estimate of drug-likeness (QED) is 0.640. The molecule has 20 heavy (non-hydrogen) atoms. The second-order valence-corrected chi connectivity index (χ2v) is 5.23. The molecule has 1 aliphatic carbocycles. The van der Waals surface area contributed by atoms with Gasteiger partial charge in [0.25, 0.3) is 11.6 Å². The molecule has 1 aromatic rings. The van der Waals surface area contributed by atoms with Gasteiger partial charge in [0.1, 0.15) is 5.69 Å². The standard InChI is InChI=1S/C14H19N3O3/c1-3-15-13-11(5-4-6-12(13)17(19)20)14(18)16-10-7-9(2)8-10/h4-6,9-10,15H,3,7-8H2,1-2H3,(H,16,18). The van der Waals surface area contributed by atoms with Crippen molar-refractivity contribution in [3.63, 3.8) is 0 Å². The lowest BCUT2D eigenvalue weighted by molar-refractivity contribution is -0.384. The number of carbonyl (C=O) groups excluding carboxylic acids is 1. The van der Waals surface area contributed by atoms with Gasteiger partial charge < -0.3 is 10.6 Å². The van der Waals surface area contributed by atoms with Crippen LogP contribution in [-0.4, -0.2) is 23.4 Å². The van der Waals surface area contributed by atoms with Crippen molar-refractivity contribution in [3.8, 4) is 0 Å². The molecule has 1 saturated carbocycles. The first-order chi connectivity index (χ1) is 9.52. The van der Waals surface area contributed by atoms with Crippen molar-refractivity contribution < 1.29 is 9.72 Å². The van der Waals surface area contributed by atoms with Crippen LogP contribution < -0.4 is 10.6 Å². The monoisotopic (exact) mass is 277 g/mol. The van der Waals surface area contributed by atoms with Crippen molar-refractivity contribution in [2.24, 2.45) is 5.92 Å². The van der Waals surface area contributed by atoms with Gasteiger partial charge in [0.15, 0.2) is 0 Å². The number of nitrogens with zero attached hydrogens (tertiary/aromatic N) is 1. The maximum Gasteiger partial charge on any atom is 0.293 e. The number of amides is 1. The Kier molecular flexibility index (Phi) is 4.22. The Morgan fingerprint density at radius 2 is 2.15 bits per heavy atom. The van der Waals surface area contributed by atoms with Crippen molar-refractivity contribution in [3.05, 3.63) is 33.9 Å². The van der Waals surface area contributed by atoms with Crippen molar-refractivity contribution in [2.45, 2.75) is 32.7 Å². The Hall–Kier alpha value is -2.11. The van der Waals surface area contributed by atoms with Crippen LogP contribution in [0.5, 0.6) is 0 Å². The summed E-state index contributed by atoms with van der Waals surface area (Å²) in [4.78, 5) is 22.8.